The van der Waals surface area contributed by atoms with E-state index in [4.69, 9.17) is 4.74 Å². The highest BCUT2D eigenvalue weighted by Gasteiger charge is 2.70. The molecule has 0 aliphatic carbocycles. The Kier molecular flexibility index (Phi) is 4.80. The number of ether oxygens (including phenoxy) is 1. The molecule has 3 aliphatic rings. The second-order valence-corrected chi connectivity index (χ2v) is 10.6. The normalized spacial score (nSPS) is 26.3. The topological polar surface area (TPSA) is 122 Å². The largest absolute Gasteiger partial charge is 0.449 e. The zero-order valence-corrected chi connectivity index (χ0v) is 20.8. The van der Waals surface area contributed by atoms with Crippen LogP contribution in [-0.4, -0.2) is 49.2 Å². The molecule has 10 nitrogen and oxygen atoms in total. The maximum absolute atomic E-state index is 13.7. The lowest BCUT2D eigenvalue weighted by atomic mass is 9.87. The number of aromatic nitrogens is 2. The fraction of sp³-hybridized carbons (Fsp3) is 0.370. The van der Waals surface area contributed by atoms with E-state index in [2.05, 4.69) is 4.98 Å². The third-order valence-corrected chi connectivity index (χ3v) is 7.74. The molecule has 190 valence electrons. The minimum Gasteiger partial charge on any atom is -0.449 e. The van der Waals surface area contributed by atoms with Crippen LogP contribution in [-0.2, 0) is 19.9 Å². The molecule has 3 aromatic rings. The average molecular weight is 503 g/mol. The van der Waals surface area contributed by atoms with Gasteiger partial charge in [-0.2, -0.15) is 0 Å². The number of benzene rings is 2. The number of Topliss-reactive ketones (excluding diaryl/α,β-unsaturated/α-hetero) is 1. The summed E-state index contributed by atoms with van der Waals surface area (Å²) >= 11 is 0. The van der Waals surface area contributed by atoms with Crippen LogP contribution in [0.1, 0.15) is 56.3 Å². The number of para-hydroxylation sites is 2. The van der Waals surface area contributed by atoms with E-state index in [1.54, 1.807) is 76.2 Å². The number of amides is 1. The first-order valence-electron chi connectivity index (χ1n) is 12.2. The lowest BCUT2D eigenvalue weighted by molar-refractivity contribution is -0.209. The first-order chi connectivity index (χ1) is 17.5. The molecule has 4 heterocycles. The predicted octanol–water partition coefficient (Wildman–Crippen LogP) is 2.77. The highest BCUT2D eigenvalue weighted by molar-refractivity contribution is 6.05. The number of esters is 1. The molecule has 2 saturated heterocycles. The standard InChI is InChI=1S/C27H26N4O6/c1-14(2)20(32)21-28-17-11-7-5-9-15(17)22(33)29(21)19-13-27(37-23(19)34)16-10-6-8-12-18(16)30-24(27)31(36)26(3,4)25(30)35/h5-12,14,19,24,36H,13H2,1-4H3/t19-,24+,27+/m1/s1. The number of carbonyl (C=O) groups is 3. The Hall–Kier alpha value is -3.89. The summed E-state index contributed by atoms with van der Waals surface area (Å²) in [6.07, 6.45) is -1.11. The molecule has 3 atom stereocenters. The summed E-state index contributed by atoms with van der Waals surface area (Å²) in [5, 5.41) is 12.4. The SMILES string of the molecule is CC(C)C(=O)c1nc2ccccc2c(=O)n1[C@@H]1C[C@]2(OC1=O)c1ccccc1N1C(=O)C(C)(C)N(O)[C@H]12. The lowest BCUT2D eigenvalue weighted by Crippen LogP contribution is -2.52. The first kappa shape index (κ1) is 23.5. The lowest BCUT2D eigenvalue weighted by Gasteiger charge is -2.35. The highest BCUT2D eigenvalue weighted by Crippen LogP contribution is 2.58. The van der Waals surface area contributed by atoms with Crippen LogP contribution in [0.3, 0.4) is 0 Å². The van der Waals surface area contributed by atoms with Gasteiger partial charge < -0.3 is 9.94 Å². The summed E-state index contributed by atoms with van der Waals surface area (Å²) in [4.78, 5) is 59.9. The van der Waals surface area contributed by atoms with Crippen LogP contribution in [0.5, 0.6) is 0 Å². The number of nitrogens with zero attached hydrogens (tertiary/aromatic N) is 4. The molecule has 3 aliphatic heterocycles. The van der Waals surface area contributed by atoms with Gasteiger partial charge in [0.25, 0.3) is 11.5 Å². The Morgan fingerprint density at radius 2 is 1.76 bits per heavy atom. The number of anilines is 1. The predicted molar refractivity (Wildman–Crippen MR) is 132 cm³/mol. The molecule has 37 heavy (non-hydrogen) atoms. The molecule has 0 radical (unpaired) electrons. The van der Waals surface area contributed by atoms with Crippen LogP contribution < -0.4 is 10.5 Å². The molecule has 0 saturated carbocycles. The number of hydrogen-bond donors (Lipinski definition) is 1. The van der Waals surface area contributed by atoms with Crippen molar-refractivity contribution >= 4 is 34.3 Å². The number of carbonyl (C=O) groups excluding carboxylic acids is 3. The molecule has 1 N–H and O–H groups in total. The van der Waals surface area contributed by atoms with Gasteiger partial charge in [-0.05, 0) is 32.0 Å². The molecule has 0 unspecified atom stereocenters. The van der Waals surface area contributed by atoms with Crippen molar-refractivity contribution in [3.05, 3.63) is 70.3 Å². The summed E-state index contributed by atoms with van der Waals surface area (Å²) in [5.41, 5.74) is -1.82. The van der Waals surface area contributed by atoms with Gasteiger partial charge >= 0.3 is 5.97 Å². The van der Waals surface area contributed by atoms with Crippen molar-refractivity contribution in [1.29, 1.82) is 0 Å². The van der Waals surface area contributed by atoms with Gasteiger partial charge in [0.1, 0.15) is 11.6 Å². The molecular weight excluding hydrogens is 476 g/mol. The Morgan fingerprint density at radius 3 is 2.49 bits per heavy atom. The third-order valence-electron chi connectivity index (χ3n) is 7.74. The van der Waals surface area contributed by atoms with E-state index in [1.165, 1.54) is 4.90 Å². The van der Waals surface area contributed by atoms with Gasteiger partial charge in [-0.15, -0.1) is 5.06 Å². The highest BCUT2D eigenvalue weighted by atomic mass is 16.6. The minimum atomic E-state index is -1.46. The van der Waals surface area contributed by atoms with Gasteiger partial charge in [-0.25, -0.2) is 9.78 Å². The smallest absolute Gasteiger partial charge is 0.330 e. The van der Waals surface area contributed by atoms with Gasteiger partial charge in [0.05, 0.1) is 16.6 Å². The fourth-order valence-corrected chi connectivity index (χ4v) is 5.79. The molecule has 10 heteroatoms. The summed E-state index contributed by atoms with van der Waals surface area (Å²) in [5.74, 6) is -2.06. The van der Waals surface area contributed by atoms with E-state index < -0.39 is 40.8 Å². The van der Waals surface area contributed by atoms with Crippen molar-refractivity contribution in [3.8, 4) is 0 Å². The minimum absolute atomic E-state index is 0.0806. The average Bonchev–Trinajstić information content (AvgIpc) is 3.42. The molecule has 6 rings (SSSR count). The van der Waals surface area contributed by atoms with Gasteiger partial charge in [0, 0.05) is 17.9 Å². The Morgan fingerprint density at radius 1 is 1.08 bits per heavy atom. The van der Waals surface area contributed by atoms with E-state index >= 15 is 0 Å². The summed E-state index contributed by atoms with van der Waals surface area (Å²) in [6, 6.07) is 12.5. The quantitative estimate of drug-likeness (QED) is 0.429. The number of fused-ring (bicyclic) bond motifs is 6. The van der Waals surface area contributed by atoms with Gasteiger partial charge in [0.15, 0.2) is 17.6 Å². The fourth-order valence-electron chi connectivity index (χ4n) is 5.79. The van der Waals surface area contributed by atoms with Crippen LogP contribution in [0, 0.1) is 5.92 Å². The molecular formula is C27H26N4O6. The zero-order valence-electron chi connectivity index (χ0n) is 20.8. The van der Waals surface area contributed by atoms with Gasteiger partial charge in [-0.1, -0.05) is 44.2 Å². The molecule has 1 spiro atoms. The van der Waals surface area contributed by atoms with Crippen molar-refractivity contribution < 1.29 is 24.3 Å². The second kappa shape index (κ2) is 7.56. The molecule has 0 bridgehead atoms. The van der Waals surface area contributed by atoms with Crippen LogP contribution >= 0.6 is 0 Å². The molecule has 2 fully saturated rings. The number of ketones is 1. The van der Waals surface area contributed by atoms with Gasteiger partial charge in [0.2, 0.25) is 5.78 Å². The van der Waals surface area contributed by atoms with Crippen molar-refractivity contribution in [2.75, 3.05) is 4.90 Å². The van der Waals surface area contributed by atoms with Crippen LogP contribution in [0.4, 0.5) is 5.69 Å². The van der Waals surface area contributed by atoms with Crippen LogP contribution in [0.25, 0.3) is 10.9 Å². The number of rotatable bonds is 3. The van der Waals surface area contributed by atoms with Gasteiger partial charge in [-0.3, -0.25) is 23.9 Å². The summed E-state index contributed by atoms with van der Waals surface area (Å²) in [6.45, 7) is 6.58. The van der Waals surface area contributed by atoms with Crippen LogP contribution in [0.15, 0.2) is 53.3 Å². The van der Waals surface area contributed by atoms with Crippen molar-refractivity contribution in [2.45, 2.75) is 57.5 Å². The van der Waals surface area contributed by atoms with E-state index in [0.717, 1.165) is 9.63 Å². The molecule has 1 amide bonds. The maximum atomic E-state index is 13.7. The van der Waals surface area contributed by atoms with Crippen molar-refractivity contribution in [3.63, 3.8) is 0 Å². The molecule has 1 aromatic heterocycles. The Balaban J connectivity index is 1.57. The molecule has 2 aromatic carbocycles. The van der Waals surface area contributed by atoms with E-state index in [9.17, 15) is 24.4 Å². The summed E-state index contributed by atoms with van der Waals surface area (Å²) < 4.78 is 7.19. The van der Waals surface area contributed by atoms with Crippen molar-refractivity contribution in [2.24, 2.45) is 5.92 Å². The third kappa shape index (κ3) is 2.90. The number of hydrogen-bond acceptors (Lipinski definition) is 8. The monoisotopic (exact) mass is 502 g/mol. The Bertz CT molecular complexity index is 1580. The van der Waals surface area contributed by atoms with Crippen LogP contribution in [0.2, 0.25) is 0 Å². The van der Waals surface area contributed by atoms with Crippen molar-refractivity contribution in [1.82, 2.24) is 14.6 Å². The summed E-state index contributed by atoms with van der Waals surface area (Å²) in [7, 11) is 0. The van der Waals surface area contributed by atoms with E-state index in [1.807, 2.05) is 0 Å². The van der Waals surface area contributed by atoms with E-state index in [0.29, 0.717) is 16.8 Å². The number of hydroxylamine groups is 2. The maximum Gasteiger partial charge on any atom is 0.330 e. The first-order valence-corrected chi connectivity index (χ1v) is 12.2. The Labute approximate surface area is 212 Å². The zero-order chi connectivity index (χ0) is 26.4. The van der Waals surface area contributed by atoms with E-state index in [-0.39, 0.29) is 29.3 Å². The second-order valence-electron chi connectivity index (χ2n) is 10.6.